The molecule has 15 heavy (non-hydrogen) atoms. The fourth-order valence-corrected chi connectivity index (χ4v) is 2.14. The molecule has 0 heterocycles. The van der Waals surface area contributed by atoms with Crippen molar-refractivity contribution < 1.29 is 9.53 Å². The molecular formula is C11H12BrClO2. The summed E-state index contributed by atoms with van der Waals surface area (Å²) in [6, 6.07) is 5.40. The van der Waals surface area contributed by atoms with Crippen LogP contribution in [0.1, 0.15) is 24.8 Å². The number of rotatable bonds is 3. The summed E-state index contributed by atoms with van der Waals surface area (Å²) in [7, 11) is 1.39. The molecule has 0 saturated carbocycles. The molecular weight excluding hydrogens is 279 g/mol. The minimum atomic E-state index is -0.261. The Labute approximate surface area is 103 Å². The van der Waals surface area contributed by atoms with Crippen LogP contribution in [0.25, 0.3) is 0 Å². The summed E-state index contributed by atoms with van der Waals surface area (Å²) in [5.74, 6) is -0.497. The van der Waals surface area contributed by atoms with Crippen molar-refractivity contribution in [3.05, 3.63) is 33.3 Å². The van der Waals surface area contributed by atoms with E-state index in [0.29, 0.717) is 11.4 Å². The van der Waals surface area contributed by atoms with Gasteiger partial charge >= 0.3 is 5.97 Å². The molecule has 1 aromatic carbocycles. The highest BCUT2D eigenvalue weighted by Gasteiger charge is 2.21. The molecule has 1 rings (SSSR count). The van der Waals surface area contributed by atoms with Gasteiger partial charge in [-0.05, 0) is 30.2 Å². The van der Waals surface area contributed by atoms with Crippen molar-refractivity contribution in [2.75, 3.05) is 7.11 Å². The maximum atomic E-state index is 11.5. The van der Waals surface area contributed by atoms with Gasteiger partial charge in [0.25, 0.3) is 0 Å². The van der Waals surface area contributed by atoms with E-state index >= 15 is 0 Å². The summed E-state index contributed by atoms with van der Waals surface area (Å²) in [5.41, 5.74) is 0.872. The van der Waals surface area contributed by atoms with Gasteiger partial charge < -0.3 is 4.74 Å². The van der Waals surface area contributed by atoms with E-state index in [4.69, 9.17) is 16.3 Å². The largest absolute Gasteiger partial charge is 0.469 e. The van der Waals surface area contributed by atoms with Crippen molar-refractivity contribution in [1.29, 1.82) is 0 Å². The Balaban J connectivity index is 3.11. The number of benzene rings is 1. The third kappa shape index (κ3) is 2.95. The van der Waals surface area contributed by atoms with Crippen molar-refractivity contribution in [2.24, 2.45) is 0 Å². The SMILES string of the molecule is CCC(C(=O)OC)c1cc(Cl)ccc1Br. The maximum absolute atomic E-state index is 11.5. The zero-order valence-electron chi connectivity index (χ0n) is 8.59. The number of hydrogen-bond acceptors (Lipinski definition) is 2. The van der Waals surface area contributed by atoms with E-state index in [9.17, 15) is 4.79 Å². The lowest BCUT2D eigenvalue weighted by atomic mass is 9.97. The lowest BCUT2D eigenvalue weighted by Crippen LogP contribution is -2.13. The number of ether oxygens (including phenoxy) is 1. The predicted octanol–water partition coefficient (Wildman–Crippen LogP) is 3.77. The Kier molecular flexibility index (Phi) is 4.61. The summed E-state index contributed by atoms with van der Waals surface area (Å²) < 4.78 is 5.63. The Morgan fingerprint density at radius 1 is 1.60 bits per heavy atom. The number of hydrogen-bond donors (Lipinski definition) is 0. The average Bonchev–Trinajstić information content (AvgIpc) is 2.23. The van der Waals surface area contributed by atoms with Crippen LogP contribution in [0.5, 0.6) is 0 Å². The molecule has 1 aromatic rings. The molecule has 2 nitrogen and oxygen atoms in total. The van der Waals surface area contributed by atoms with E-state index < -0.39 is 0 Å². The van der Waals surface area contributed by atoms with E-state index in [-0.39, 0.29) is 11.9 Å². The van der Waals surface area contributed by atoms with E-state index in [2.05, 4.69) is 15.9 Å². The molecule has 0 spiro atoms. The van der Waals surface area contributed by atoms with Crippen molar-refractivity contribution in [1.82, 2.24) is 0 Å². The third-order valence-corrected chi connectivity index (χ3v) is 3.18. The Hall–Kier alpha value is -0.540. The zero-order chi connectivity index (χ0) is 11.4. The summed E-state index contributed by atoms with van der Waals surface area (Å²) in [6.07, 6.45) is 0.686. The minimum absolute atomic E-state index is 0.236. The first-order valence-electron chi connectivity index (χ1n) is 4.63. The third-order valence-electron chi connectivity index (χ3n) is 2.23. The van der Waals surface area contributed by atoms with Gasteiger partial charge in [0.05, 0.1) is 13.0 Å². The highest BCUT2D eigenvalue weighted by atomic mass is 79.9. The smallest absolute Gasteiger partial charge is 0.313 e. The highest BCUT2D eigenvalue weighted by molar-refractivity contribution is 9.10. The Morgan fingerprint density at radius 2 is 2.27 bits per heavy atom. The second kappa shape index (κ2) is 5.52. The van der Waals surface area contributed by atoms with Crippen LogP contribution < -0.4 is 0 Å². The Morgan fingerprint density at radius 3 is 2.80 bits per heavy atom. The molecule has 1 unspecified atom stereocenters. The zero-order valence-corrected chi connectivity index (χ0v) is 10.9. The van der Waals surface area contributed by atoms with Crippen molar-refractivity contribution in [2.45, 2.75) is 19.3 Å². The van der Waals surface area contributed by atoms with Gasteiger partial charge in [0, 0.05) is 9.50 Å². The molecule has 0 N–H and O–H groups in total. The summed E-state index contributed by atoms with van der Waals surface area (Å²) in [5, 5.41) is 0.621. The van der Waals surface area contributed by atoms with Crippen LogP contribution >= 0.6 is 27.5 Å². The van der Waals surface area contributed by atoms with Gasteiger partial charge in [-0.2, -0.15) is 0 Å². The van der Waals surface area contributed by atoms with E-state index in [0.717, 1.165) is 10.0 Å². The molecule has 82 valence electrons. The van der Waals surface area contributed by atoms with Crippen LogP contribution in [0.2, 0.25) is 5.02 Å². The maximum Gasteiger partial charge on any atom is 0.313 e. The van der Waals surface area contributed by atoms with Crippen LogP contribution in [0, 0.1) is 0 Å². The molecule has 4 heteroatoms. The molecule has 0 amide bonds. The van der Waals surface area contributed by atoms with Gasteiger partial charge in [-0.15, -0.1) is 0 Å². The van der Waals surface area contributed by atoms with E-state index in [1.807, 2.05) is 13.0 Å². The van der Waals surface area contributed by atoms with Gasteiger partial charge in [-0.1, -0.05) is 34.5 Å². The van der Waals surface area contributed by atoms with E-state index in [1.165, 1.54) is 7.11 Å². The van der Waals surface area contributed by atoms with Crippen LogP contribution in [0.4, 0.5) is 0 Å². The monoisotopic (exact) mass is 290 g/mol. The number of halogens is 2. The van der Waals surface area contributed by atoms with Gasteiger partial charge in [-0.25, -0.2) is 0 Å². The van der Waals surface area contributed by atoms with E-state index in [1.54, 1.807) is 12.1 Å². The molecule has 0 aliphatic rings. The standard InChI is InChI=1S/C11H12BrClO2/c1-3-8(11(14)15-2)9-6-7(13)4-5-10(9)12/h4-6,8H,3H2,1-2H3. The molecule has 0 bridgehead atoms. The first-order chi connectivity index (χ1) is 7.10. The quantitative estimate of drug-likeness (QED) is 0.793. The minimum Gasteiger partial charge on any atom is -0.469 e. The highest BCUT2D eigenvalue weighted by Crippen LogP contribution is 2.30. The van der Waals surface area contributed by atoms with Crippen LogP contribution in [0.15, 0.2) is 22.7 Å². The van der Waals surface area contributed by atoms with Gasteiger partial charge in [0.2, 0.25) is 0 Å². The number of carbonyl (C=O) groups excluding carboxylic acids is 1. The van der Waals surface area contributed by atoms with Gasteiger partial charge in [0.1, 0.15) is 0 Å². The normalized spacial score (nSPS) is 12.3. The van der Waals surface area contributed by atoms with Crippen LogP contribution in [-0.4, -0.2) is 13.1 Å². The first-order valence-corrected chi connectivity index (χ1v) is 5.80. The molecule has 0 aliphatic carbocycles. The lowest BCUT2D eigenvalue weighted by molar-refractivity contribution is -0.142. The predicted molar refractivity (Wildman–Crippen MR) is 64.2 cm³/mol. The second-order valence-corrected chi connectivity index (χ2v) is 4.44. The van der Waals surface area contributed by atoms with Gasteiger partial charge in [-0.3, -0.25) is 4.79 Å². The van der Waals surface area contributed by atoms with Crippen LogP contribution in [0.3, 0.4) is 0 Å². The number of carbonyl (C=O) groups is 1. The van der Waals surface area contributed by atoms with Crippen LogP contribution in [-0.2, 0) is 9.53 Å². The molecule has 0 saturated heterocycles. The topological polar surface area (TPSA) is 26.3 Å². The van der Waals surface area contributed by atoms with Gasteiger partial charge in [0.15, 0.2) is 0 Å². The molecule has 1 atom stereocenters. The summed E-state index contributed by atoms with van der Waals surface area (Å²) in [6.45, 7) is 1.94. The van der Waals surface area contributed by atoms with Crippen molar-refractivity contribution in [3.63, 3.8) is 0 Å². The fraction of sp³-hybridized carbons (Fsp3) is 0.364. The first kappa shape index (κ1) is 12.5. The van der Waals surface area contributed by atoms with Crippen molar-refractivity contribution in [3.8, 4) is 0 Å². The Bertz CT molecular complexity index is 366. The molecule has 0 radical (unpaired) electrons. The fourth-order valence-electron chi connectivity index (χ4n) is 1.44. The average molecular weight is 292 g/mol. The number of methoxy groups -OCH3 is 1. The molecule has 0 aliphatic heterocycles. The molecule has 0 fully saturated rings. The second-order valence-electron chi connectivity index (χ2n) is 3.15. The molecule has 0 aromatic heterocycles. The van der Waals surface area contributed by atoms with Crippen molar-refractivity contribution >= 4 is 33.5 Å². The number of esters is 1. The summed E-state index contributed by atoms with van der Waals surface area (Å²) in [4.78, 5) is 11.5. The lowest BCUT2D eigenvalue weighted by Gasteiger charge is -2.14. The summed E-state index contributed by atoms with van der Waals surface area (Å²) >= 11 is 9.30.